The molecule has 0 radical (unpaired) electrons. The van der Waals surface area contributed by atoms with Crippen LogP contribution in [-0.2, 0) is 11.3 Å². The number of hydrogen-bond donors (Lipinski definition) is 1. The Balaban J connectivity index is 2.09. The molecule has 1 aromatic carbocycles. The molecule has 0 bridgehead atoms. The Kier molecular flexibility index (Phi) is 5.21. The highest BCUT2D eigenvalue weighted by molar-refractivity contribution is 5.29. The summed E-state index contributed by atoms with van der Waals surface area (Å²) in [4.78, 5) is 0. The predicted molar refractivity (Wildman–Crippen MR) is 77.5 cm³/mol. The van der Waals surface area contributed by atoms with Gasteiger partial charge in [-0.1, -0.05) is 19.1 Å². The largest absolute Gasteiger partial charge is 0.497 e. The van der Waals surface area contributed by atoms with Crippen molar-refractivity contribution in [2.75, 3.05) is 7.11 Å². The van der Waals surface area contributed by atoms with Gasteiger partial charge in [0.2, 0.25) is 0 Å². The molecule has 2 aromatic rings. The SMILES string of the molecule is CCC(N)C(OCc1ccco1)c1ccc(OC)cc1. The molecule has 0 saturated carbocycles. The number of rotatable bonds is 7. The van der Waals surface area contributed by atoms with Gasteiger partial charge in [-0.15, -0.1) is 0 Å². The first-order valence-corrected chi connectivity index (χ1v) is 6.78. The second kappa shape index (κ2) is 7.12. The van der Waals surface area contributed by atoms with E-state index in [9.17, 15) is 0 Å². The van der Waals surface area contributed by atoms with Gasteiger partial charge < -0.3 is 19.6 Å². The lowest BCUT2D eigenvalue weighted by Crippen LogP contribution is -2.29. The summed E-state index contributed by atoms with van der Waals surface area (Å²) >= 11 is 0. The van der Waals surface area contributed by atoms with Crippen molar-refractivity contribution in [3.8, 4) is 5.75 Å². The summed E-state index contributed by atoms with van der Waals surface area (Å²) in [7, 11) is 1.65. The van der Waals surface area contributed by atoms with E-state index in [1.54, 1.807) is 13.4 Å². The third kappa shape index (κ3) is 3.62. The summed E-state index contributed by atoms with van der Waals surface area (Å²) < 4.78 is 16.4. The number of furan rings is 1. The standard InChI is InChI=1S/C16H21NO3/c1-3-15(17)16(20-11-14-5-4-10-19-14)12-6-8-13(18-2)9-7-12/h4-10,15-16H,3,11,17H2,1-2H3. The normalized spacial score (nSPS) is 13.9. The lowest BCUT2D eigenvalue weighted by molar-refractivity contribution is 0.0126. The van der Waals surface area contributed by atoms with Gasteiger partial charge in [-0.2, -0.15) is 0 Å². The number of hydrogen-bond acceptors (Lipinski definition) is 4. The minimum Gasteiger partial charge on any atom is -0.497 e. The fourth-order valence-corrected chi connectivity index (χ4v) is 2.04. The van der Waals surface area contributed by atoms with Crippen LogP contribution < -0.4 is 10.5 Å². The van der Waals surface area contributed by atoms with Crippen molar-refractivity contribution in [3.05, 3.63) is 54.0 Å². The van der Waals surface area contributed by atoms with Crippen molar-refractivity contribution >= 4 is 0 Å². The Morgan fingerprint density at radius 2 is 1.95 bits per heavy atom. The van der Waals surface area contributed by atoms with E-state index in [0.29, 0.717) is 6.61 Å². The number of ether oxygens (including phenoxy) is 2. The topological polar surface area (TPSA) is 57.6 Å². The molecule has 2 rings (SSSR count). The van der Waals surface area contributed by atoms with Crippen LogP contribution in [0.15, 0.2) is 47.1 Å². The summed E-state index contributed by atoms with van der Waals surface area (Å²) in [6.07, 6.45) is 2.33. The lowest BCUT2D eigenvalue weighted by atomic mass is 10.0. The Morgan fingerprint density at radius 3 is 2.50 bits per heavy atom. The number of nitrogens with two attached hydrogens (primary N) is 1. The molecular weight excluding hydrogens is 254 g/mol. The second-order valence-corrected chi connectivity index (χ2v) is 4.66. The molecule has 4 nitrogen and oxygen atoms in total. The van der Waals surface area contributed by atoms with E-state index in [-0.39, 0.29) is 12.1 Å². The molecule has 2 atom stereocenters. The molecule has 0 aliphatic heterocycles. The van der Waals surface area contributed by atoms with Gasteiger partial charge in [0.25, 0.3) is 0 Å². The quantitative estimate of drug-likeness (QED) is 0.842. The van der Waals surface area contributed by atoms with Crippen molar-refractivity contribution in [2.45, 2.75) is 32.1 Å². The molecule has 2 N–H and O–H groups in total. The number of benzene rings is 1. The number of methoxy groups -OCH3 is 1. The van der Waals surface area contributed by atoms with Crippen LogP contribution in [0.1, 0.15) is 30.8 Å². The molecule has 0 fully saturated rings. The van der Waals surface area contributed by atoms with Gasteiger partial charge >= 0.3 is 0 Å². The van der Waals surface area contributed by atoms with Crippen LogP contribution >= 0.6 is 0 Å². The highest BCUT2D eigenvalue weighted by Gasteiger charge is 2.19. The van der Waals surface area contributed by atoms with Gasteiger partial charge in [0.1, 0.15) is 18.1 Å². The van der Waals surface area contributed by atoms with E-state index < -0.39 is 0 Å². The highest BCUT2D eigenvalue weighted by Crippen LogP contribution is 2.25. The summed E-state index contributed by atoms with van der Waals surface area (Å²) in [6, 6.07) is 11.5. The molecular formula is C16H21NO3. The van der Waals surface area contributed by atoms with Crippen molar-refractivity contribution < 1.29 is 13.9 Å². The Hall–Kier alpha value is -1.78. The zero-order valence-corrected chi connectivity index (χ0v) is 11.9. The Bertz CT molecular complexity index is 493. The maximum atomic E-state index is 6.17. The fourth-order valence-electron chi connectivity index (χ4n) is 2.04. The van der Waals surface area contributed by atoms with Crippen molar-refractivity contribution in [2.24, 2.45) is 5.73 Å². The van der Waals surface area contributed by atoms with E-state index in [2.05, 4.69) is 6.92 Å². The van der Waals surface area contributed by atoms with E-state index in [1.165, 1.54) is 0 Å². The maximum absolute atomic E-state index is 6.17. The van der Waals surface area contributed by atoms with E-state index in [1.807, 2.05) is 36.4 Å². The van der Waals surface area contributed by atoms with Gasteiger partial charge in [0.15, 0.2) is 0 Å². The van der Waals surface area contributed by atoms with Crippen LogP contribution in [0.4, 0.5) is 0 Å². The third-order valence-corrected chi connectivity index (χ3v) is 3.29. The average Bonchev–Trinajstić information content (AvgIpc) is 3.01. The summed E-state index contributed by atoms with van der Waals surface area (Å²) in [5, 5.41) is 0. The minimum atomic E-state index is -0.156. The lowest BCUT2D eigenvalue weighted by Gasteiger charge is -2.23. The van der Waals surface area contributed by atoms with Crippen molar-refractivity contribution in [1.29, 1.82) is 0 Å². The molecule has 1 aromatic heterocycles. The van der Waals surface area contributed by atoms with Crippen LogP contribution in [0.25, 0.3) is 0 Å². The first-order valence-electron chi connectivity index (χ1n) is 6.78. The van der Waals surface area contributed by atoms with Gasteiger partial charge in [0, 0.05) is 6.04 Å². The summed E-state index contributed by atoms with van der Waals surface area (Å²) in [5.41, 5.74) is 7.22. The molecule has 20 heavy (non-hydrogen) atoms. The third-order valence-electron chi connectivity index (χ3n) is 3.29. The predicted octanol–water partition coefficient (Wildman–Crippen LogP) is 3.28. The average molecular weight is 275 g/mol. The van der Waals surface area contributed by atoms with Gasteiger partial charge in [-0.05, 0) is 36.2 Å². The molecule has 0 aliphatic carbocycles. The smallest absolute Gasteiger partial charge is 0.129 e. The van der Waals surface area contributed by atoms with Crippen LogP contribution in [0.5, 0.6) is 5.75 Å². The second-order valence-electron chi connectivity index (χ2n) is 4.66. The van der Waals surface area contributed by atoms with E-state index in [0.717, 1.165) is 23.5 Å². The first kappa shape index (κ1) is 14.6. The monoisotopic (exact) mass is 275 g/mol. The summed E-state index contributed by atoms with van der Waals surface area (Å²) in [5.74, 6) is 1.62. The van der Waals surface area contributed by atoms with Crippen molar-refractivity contribution in [3.63, 3.8) is 0 Å². The van der Waals surface area contributed by atoms with Crippen LogP contribution in [-0.4, -0.2) is 13.2 Å². The zero-order valence-electron chi connectivity index (χ0n) is 11.9. The molecule has 0 spiro atoms. The first-order chi connectivity index (χ1) is 9.74. The van der Waals surface area contributed by atoms with Gasteiger partial charge in [-0.25, -0.2) is 0 Å². The van der Waals surface area contributed by atoms with E-state index in [4.69, 9.17) is 19.6 Å². The molecule has 4 heteroatoms. The Morgan fingerprint density at radius 1 is 1.20 bits per heavy atom. The maximum Gasteiger partial charge on any atom is 0.129 e. The highest BCUT2D eigenvalue weighted by atomic mass is 16.5. The molecule has 1 heterocycles. The van der Waals surface area contributed by atoms with Gasteiger partial charge in [-0.3, -0.25) is 0 Å². The molecule has 108 valence electrons. The van der Waals surface area contributed by atoms with Crippen LogP contribution in [0.3, 0.4) is 0 Å². The van der Waals surface area contributed by atoms with Crippen molar-refractivity contribution in [1.82, 2.24) is 0 Å². The molecule has 0 amide bonds. The van der Waals surface area contributed by atoms with Crippen LogP contribution in [0.2, 0.25) is 0 Å². The molecule has 0 saturated heterocycles. The molecule has 0 aliphatic rings. The Labute approximate surface area is 119 Å². The molecule has 2 unspecified atom stereocenters. The summed E-state index contributed by atoms with van der Waals surface area (Å²) in [6.45, 7) is 2.47. The van der Waals surface area contributed by atoms with Crippen LogP contribution in [0, 0.1) is 0 Å². The van der Waals surface area contributed by atoms with E-state index >= 15 is 0 Å². The van der Waals surface area contributed by atoms with Gasteiger partial charge in [0.05, 0.1) is 19.5 Å². The minimum absolute atomic E-state index is 0.0571. The zero-order chi connectivity index (χ0) is 14.4. The fraction of sp³-hybridized carbons (Fsp3) is 0.375.